The fraction of sp³-hybridized carbons (Fsp3) is 0.250. The second kappa shape index (κ2) is 7.94. The topological polar surface area (TPSA) is 61.8 Å². The molecule has 2 N–H and O–H groups in total. The maximum absolute atomic E-state index is 14.7. The molecule has 0 spiro atoms. The Hall–Kier alpha value is -3.14. The van der Waals surface area contributed by atoms with Crippen molar-refractivity contribution in [3.63, 3.8) is 0 Å². The number of aliphatic hydroxyl groups excluding tert-OH is 1. The van der Waals surface area contributed by atoms with Gasteiger partial charge in [-0.25, -0.2) is 8.78 Å². The summed E-state index contributed by atoms with van der Waals surface area (Å²) >= 11 is 0. The summed E-state index contributed by atoms with van der Waals surface area (Å²) in [7, 11) is 1.23. The van der Waals surface area contributed by atoms with Gasteiger partial charge >= 0.3 is 6.18 Å². The molecule has 1 amide bonds. The fourth-order valence-corrected chi connectivity index (χ4v) is 3.30. The van der Waals surface area contributed by atoms with Gasteiger partial charge in [-0.15, -0.1) is 0 Å². The third-order valence-corrected chi connectivity index (χ3v) is 4.78. The van der Waals surface area contributed by atoms with Crippen LogP contribution in [-0.4, -0.2) is 29.4 Å². The van der Waals surface area contributed by atoms with Crippen LogP contribution in [0.3, 0.4) is 0 Å². The van der Waals surface area contributed by atoms with E-state index in [1.54, 1.807) is 0 Å². The van der Waals surface area contributed by atoms with Crippen LogP contribution < -0.4 is 10.1 Å². The van der Waals surface area contributed by atoms with E-state index in [9.17, 15) is 31.9 Å². The zero-order valence-corrected chi connectivity index (χ0v) is 15.8. The highest BCUT2D eigenvalue weighted by Gasteiger charge is 2.37. The Labute approximate surface area is 168 Å². The van der Waals surface area contributed by atoms with Gasteiger partial charge < -0.3 is 20.1 Å². The predicted octanol–water partition coefficient (Wildman–Crippen LogP) is 3.63. The Morgan fingerprint density at radius 3 is 2.47 bits per heavy atom. The van der Waals surface area contributed by atoms with Gasteiger partial charge in [0.15, 0.2) is 11.6 Å². The third-order valence-electron chi connectivity index (χ3n) is 4.78. The van der Waals surface area contributed by atoms with Crippen molar-refractivity contribution < 1.29 is 36.6 Å². The standard InChI is InChI=1S/C20H17F5N2O3/c1-10-16(11-5-3-8-15(30-2)17(11)22)18(28)26-19(29)27(10)9-12-13(20(23,24)25)6-4-7-14(12)21/h3-8,19,29H,9H2,1-2H3,(H,26,28). The quantitative estimate of drug-likeness (QED) is 0.731. The normalized spacial score (nSPS) is 17.3. The monoisotopic (exact) mass is 428 g/mol. The second-order valence-corrected chi connectivity index (χ2v) is 6.52. The molecule has 1 aliphatic rings. The summed E-state index contributed by atoms with van der Waals surface area (Å²) < 4.78 is 73.8. The molecule has 1 atom stereocenters. The van der Waals surface area contributed by atoms with Gasteiger partial charge in [-0.3, -0.25) is 4.79 Å². The Kier molecular flexibility index (Phi) is 5.71. The number of carbonyl (C=O) groups is 1. The molecule has 1 unspecified atom stereocenters. The van der Waals surface area contributed by atoms with Crippen molar-refractivity contribution in [3.8, 4) is 5.75 Å². The van der Waals surface area contributed by atoms with E-state index in [0.717, 1.165) is 23.1 Å². The van der Waals surface area contributed by atoms with E-state index in [2.05, 4.69) is 5.32 Å². The number of benzene rings is 2. The van der Waals surface area contributed by atoms with E-state index >= 15 is 0 Å². The number of hydrogen-bond donors (Lipinski definition) is 2. The molecule has 1 aliphatic heterocycles. The Morgan fingerprint density at radius 2 is 1.83 bits per heavy atom. The molecule has 0 bridgehead atoms. The minimum atomic E-state index is -4.83. The number of aliphatic hydroxyl groups is 1. The van der Waals surface area contributed by atoms with Crippen LogP contribution in [0.5, 0.6) is 5.75 Å². The lowest BCUT2D eigenvalue weighted by Gasteiger charge is -2.37. The number of allylic oxidation sites excluding steroid dienone is 1. The van der Waals surface area contributed by atoms with Crippen molar-refractivity contribution in [2.24, 2.45) is 0 Å². The largest absolute Gasteiger partial charge is 0.494 e. The molecule has 2 aromatic rings. The zero-order chi connectivity index (χ0) is 22.2. The number of rotatable bonds is 4. The summed E-state index contributed by atoms with van der Waals surface area (Å²) in [4.78, 5) is 13.4. The fourth-order valence-electron chi connectivity index (χ4n) is 3.30. The van der Waals surface area contributed by atoms with E-state index in [-0.39, 0.29) is 22.6 Å². The van der Waals surface area contributed by atoms with E-state index in [1.165, 1.54) is 32.2 Å². The van der Waals surface area contributed by atoms with Gasteiger partial charge in [0.2, 0.25) is 6.35 Å². The molecule has 1 heterocycles. The summed E-state index contributed by atoms with van der Waals surface area (Å²) in [6.45, 7) is 0.605. The molecule has 0 aliphatic carbocycles. The zero-order valence-electron chi connectivity index (χ0n) is 15.8. The molecular weight excluding hydrogens is 411 g/mol. The number of nitrogens with zero attached hydrogens (tertiary/aromatic N) is 1. The highest BCUT2D eigenvalue weighted by atomic mass is 19.4. The molecule has 5 nitrogen and oxygen atoms in total. The molecule has 10 heteroatoms. The molecule has 0 fully saturated rings. The van der Waals surface area contributed by atoms with Crippen LogP contribution in [0.15, 0.2) is 42.1 Å². The van der Waals surface area contributed by atoms with Gasteiger partial charge in [0.05, 0.1) is 24.8 Å². The predicted molar refractivity (Wildman–Crippen MR) is 96.6 cm³/mol. The van der Waals surface area contributed by atoms with Crippen molar-refractivity contribution in [1.29, 1.82) is 0 Å². The lowest BCUT2D eigenvalue weighted by molar-refractivity contribution is -0.139. The van der Waals surface area contributed by atoms with E-state index in [1.807, 2.05) is 0 Å². The van der Waals surface area contributed by atoms with Crippen LogP contribution in [0.1, 0.15) is 23.6 Å². The van der Waals surface area contributed by atoms with Crippen LogP contribution in [0.25, 0.3) is 5.57 Å². The van der Waals surface area contributed by atoms with Crippen LogP contribution in [0, 0.1) is 11.6 Å². The van der Waals surface area contributed by atoms with Crippen molar-refractivity contribution in [3.05, 3.63) is 70.4 Å². The first-order valence-electron chi connectivity index (χ1n) is 8.70. The summed E-state index contributed by atoms with van der Waals surface area (Å²) in [5, 5.41) is 12.4. The van der Waals surface area contributed by atoms with E-state index in [4.69, 9.17) is 4.74 Å². The SMILES string of the molecule is COc1cccc(C2=C(C)N(Cc3c(F)cccc3C(F)(F)F)C(O)NC2=O)c1F. The first-order chi connectivity index (χ1) is 14.1. The number of amides is 1. The molecule has 0 aromatic heterocycles. The molecule has 2 aromatic carbocycles. The summed E-state index contributed by atoms with van der Waals surface area (Å²) in [5.41, 5.74) is -2.36. The number of methoxy groups -OCH3 is 1. The van der Waals surface area contributed by atoms with Crippen LogP contribution in [0.2, 0.25) is 0 Å². The highest BCUT2D eigenvalue weighted by molar-refractivity contribution is 6.21. The third kappa shape index (κ3) is 3.82. The van der Waals surface area contributed by atoms with Gasteiger partial charge in [0, 0.05) is 16.8 Å². The van der Waals surface area contributed by atoms with Gasteiger partial charge in [-0.05, 0) is 25.1 Å². The molecule has 160 valence electrons. The lowest BCUT2D eigenvalue weighted by atomic mass is 9.98. The highest BCUT2D eigenvalue weighted by Crippen LogP contribution is 2.36. The van der Waals surface area contributed by atoms with E-state index < -0.39 is 47.7 Å². The number of halogens is 5. The maximum atomic E-state index is 14.7. The first kappa shape index (κ1) is 21.6. The maximum Gasteiger partial charge on any atom is 0.416 e. The first-order valence-corrected chi connectivity index (χ1v) is 8.70. The lowest BCUT2D eigenvalue weighted by Crippen LogP contribution is -2.51. The Morgan fingerprint density at radius 1 is 1.17 bits per heavy atom. The van der Waals surface area contributed by atoms with Gasteiger partial charge in [-0.1, -0.05) is 18.2 Å². The molecule has 0 radical (unpaired) electrons. The van der Waals surface area contributed by atoms with Gasteiger partial charge in [0.25, 0.3) is 5.91 Å². The van der Waals surface area contributed by atoms with Gasteiger partial charge in [-0.2, -0.15) is 13.2 Å². The van der Waals surface area contributed by atoms with Crippen LogP contribution in [-0.2, 0) is 17.5 Å². The van der Waals surface area contributed by atoms with Crippen LogP contribution in [0.4, 0.5) is 22.0 Å². The van der Waals surface area contributed by atoms with Crippen molar-refractivity contribution >= 4 is 11.5 Å². The van der Waals surface area contributed by atoms with Crippen molar-refractivity contribution in [1.82, 2.24) is 10.2 Å². The average Bonchev–Trinajstić information content (AvgIpc) is 2.66. The smallest absolute Gasteiger partial charge is 0.416 e. The molecule has 30 heavy (non-hydrogen) atoms. The number of carbonyl (C=O) groups excluding carboxylic acids is 1. The van der Waals surface area contributed by atoms with Crippen molar-refractivity contribution in [2.45, 2.75) is 26.0 Å². The Bertz CT molecular complexity index is 1020. The molecular formula is C20H17F5N2O3. The van der Waals surface area contributed by atoms with Crippen molar-refractivity contribution in [2.75, 3.05) is 7.11 Å². The summed E-state index contributed by atoms with van der Waals surface area (Å²) in [6, 6.07) is 6.55. The molecule has 3 rings (SSSR count). The average molecular weight is 428 g/mol. The number of alkyl halides is 3. The number of ether oxygens (including phenoxy) is 1. The minimum Gasteiger partial charge on any atom is -0.494 e. The van der Waals surface area contributed by atoms with E-state index in [0.29, 0.717) is 0 Å². The Balaban J connectivity index is 2.12. The molecule has 0 saturated heterocycles. The number of nitrogens with one attached hydrogen (secondary N) is 1. The number of hydrogen-bond acceptors (Lipinski definition) is 4. The van der Waals surface area contributed by atoms with Gasteiger partial charge in [0.1, 0.15) is 5.82 Å². The minimum absolute atomic E-state index is 0.0326. The molecule has 0 saturated carbocycles. The summed E-state index contributed by atoms with van der Waals surface area (Å²) in [5.74, 6) is -2.97. The second-order valence-electron chi connectivity index (χ2n) is 6.52. The summed E-state index contributed by atoms with van der Waals surface area (Å²) in [6.07, 6.45) is -6.57. The van der Waals surface area contributed by atoms with Crippen LogP contribution >= 0.6 is 0 Å².